The molecule has 0 radical (unpaired) electrons. The third-order valence-electron chi connectivity index (χ3n) is 7.40. The zero-order valence-corrected chi connectivity index (χ0v) is 17.4. The topological polar surface area (TPSA) is 117 Å². The molecule has 0 aromatic heterocycles. The van der Waals surface area contributed by atoms with Gasteiger partial charge >= 0.3 is 0 Å². The first-order valence-corrected chi connectivity index (χ1v) is 11.1. The average molecular weight is 419 g/mol. The number of rotatable bonds is 4. The fourth-order valence-corrected chi connectivity index (χ4v) is 5.96. The highest BCUT2D eigenvalue weighted by Gasteiger charge is 2.53. The normalized spacial score (nSPS) is 30.4. The van der Waals surface area contributed by atoms with E-state index in [4.69, 9.17) is 11.0 Å². The number of piperazine rings is 1. The van der Waals surface area contributed by atoms with Crippen molar-refractivity contribution in [3.05, 3.63) is 34.9 Å². The van der Waals surface area contributed by atoms with Crippen molar-refractivity contribution in [3.63, 3.8) is 0 Å². The van der Waals surface area contributed by atoms with E-state index in [0.717, 1.165) is 37.8 Å². The Bertz CT molecular complexity index is 1010. The zero-order valence-electron chi connectivity index (χ0n) is 17.4. The molecule has 1 aliphatic carbocycles. The lowest BCUT2D eigenvalue weighted by atomic mass is 10.0. The van der Waals surface area contributed by atoms with Crippen LogP contribution >= 0.6 is 0 Å². The van der Waals surface area contributed by atoms with Gasteiger partial charge in [0.2, 0.25) is 11.8 Å². The van der Waals surface area contributed by atoms with Gasteiger partial charge in [-0.05, 0) is 55.4 Å². The lowest BCUT2D eigenvalue weighted by Gasteiger charge is -2.38. The van der Waals surface area contributed by atoms with Crippen LogP contribution in [-0.2, 0) is 16.0 Å². The van der Waals surface area contributed by atoms with Crippen molar-refractivity contribution in [2.24, 2.45) is 5.73 Å². The van der Waals surface area contributed by atoms with Gasteiger partial charge in [0.25, 0.3) is 0 Å². The summed E-state index contributed by atoms with van der Waals surface area (Å²) < 4.78 is 0. The number of amides is 2. The van der Waals surface area contributed by atoms with E-state index in [0.29, 0.717) is 25.1 Å². The number of nitrogens with two attached hydrogens (primary N) is 1. The van der Waals surface area contributed by atoms with Crippen LogP contribution in [-0.4, -0.2) is 70.3 Å². The van der Waals surface area contributed by atoms with E-state index < -0.39 is 6.04 Å². The Balaban J connectivity index is 1.25. The Hall–Kier alpha value is -2.94. The van der Waals surface area contributed by atoms with Gasteiger partial charge in [-0.1, -0.05) is 6.07 Å². The van der Waals surface area contributed by atoms with Crippen molar-refractivity contribution in [1.29, 1.82) is 10.5 Å². The first-order chi connectivity index (χ1) is 15.0. The van der Waals surface area contributed by atoms with Crippen molar-refractivity contribution in [3.8, 4) is 12.1 Å². The number of hydrogen-bond donors (Lipinski definition) is 1. The molecular weight excluding hydrogens is 392 g/mol. The third-order valence-corrected chi connectivity index (χ3v) is 7.40. The van der Waals surface area contributed by atoms with Crippen molar-refractivity contribution in [2.45, 2.75) is 62.3 Å². The van der Waals surface area contributed by atoms with Crippen molar-refractivity contribution < 1.29 is 9.59 Å². The number of nitriles is 2. The van der Waals surface area contributed by atoms with E-state index in [-0.39, 0.29) is 36.0 Å². The number of fused-ring (bicyclic) bond motifs is 3. The van der Waals surface area contributed by atoms with E-state index in [1.54, 1.807) is 4.90 Å². The quantitative estimate of drug-likeness (QED) is 0.768. The minimum atomic E-state index is -0.717. The number of aryl methyl sites for hydroxylation is 1. The Morgan fingerprint density at radius 1 is 1.26 bits per heavy atom. The maximum absolute atomic E-state index is 13.3. The number of carbonyl (C=O) groups excluding carboxylic acids is 2. The zero-order chi connectivity index (χ0) is 21.7. The highest BCUT2D eigenvalue weighted by molar-refractivity contribution is 5.87. The molecule has 5 atom stereocenters. The van der Waals surface area contributed by atoms with Gasteiger partial charge in [0.05, 0.1) is 35.8 Å². The standard InChI is InChI=1S/C23H26N6O2/c24-10-14-3-5-18-15(8-14)4-6-20(18)29-17-9-21(23(29)31)27(12-17)13-19(26)22(30)28-7-1-2-16(28)11-25/h3,5,8,16-17,19-21H,1-2,4,6-7,9,12-13,26H2/t16?,17?,19?,20-,21-/m0/s1. The maximum atomic E-state index is 13.3. The second-order valence-electron chi connectivity index (χ2n) is 9.11. The molecule has 2 N–H and O–H groups in total. The van der Waals surface area contributed by atoms with E-state index >= 15 is 0 Å². The van der Waals surface area contributed by atoms with Crippen molar-refractivity contribution >= 4 is 11.8 Å². The fourth-order valence-electron chi connectivity index (χ4n) is 5.96. The monoisotopic (exact) mass is 418 g/mol. The highest BCUT2D eigenvalue weighted by Crippen LogP contribution is 2.44. The Morgan fingerprint density at radius 3 is 2.84 bits per heavy atom. The van der Waals surface area contributed by atoms with Gasteiger partial charge in [-0.25, -0.2) is 0 Å². The van der Waals surface area contributed by atoms with Crippen LogP contribution in [0.25, 0.3) is 0 Å². The molecule has 4 aliphatic rings. The van der Waals surface area contributed by atoms with Crippen LogP contribution in [0.4, 0.5) is 0 Å². The summed E-state index contributed by atoms with van der Waals surface area (Å²) in [5.41, 5.74) is 9.22. The number of carbonyl (C=O) groups is 2. The van der Waals surface area contributed by atoms with Gasteiger partial charge in [-0.2, -0.15) is 10.5 Å². The van der Waals surface area contributed by atoms with Crippen LogP contribution in [0.3, 0.4) is 0 Å². The first kappa shape index (κ1) is 20.0. The average Bonchev–Trinajstić information content (AvgIpc) is 3.55. The summed E-state index contributed by atoms with van der Waals surface area (Å²) in [5, 5.41) is 18.4. The van der Waals surface area contributed by atoms with Crippen LogP contribution in [0, 0.1) is 22.7 Å². The van der Waals surface area contributed by atoms with Crippen LogP contribution in [0.2, 0.25) is 0 Å². The van der Waals surface area contributed by atoms with Gasteiger partial charge in [-0.15, -0.1) is 0 Å². The molecule has 8 heteroatoms. The first-order valence-electron chi connectivity index (χ1n) is 11.1. The predicted octanol–water partition coefficient (Wildman–Crippen LogP) is 0.673. The second kappa shape index (κ2) is 7.64. The molecule has 3 fully saturated rings. The van der Waals surface area contributed by atoms with Gasteiger partial charge in [0, 0.05) is 25.7 Å². The lowest BCUT2D eigenvalue weighted by molar-refractivity contribution is -0.141. The van der Waals surface area contributed by atoms with Gasteiger partial charge in [0.15, 0.2) is 0 Å². The van der Waals surface area contributed by atoms with Crippen molar-refractivity contribution in [1.82, 2.24) is 14.7 Å². The smallest absolute Gasteiger partial charge is 0.241 e. The van der Waals surface area contributed by atoms with Crippen LogP contribution in [0.15, 0.2) is 18.2 Å². The molecule has 1 aromatic carbocycles. The van der Waals surface area contributed by atoms with Gasteiger partial charge in [0.1, 0.15) is 6.04 Å². The Kier molecular flexibility index (Phi) is 4.92. The lowest BCUT2D eigenvalue weighted by Crippen LogP contribution is -2.56. The van der Waals surface area contributed by atoms with E-state index in [2.05, 4.69) is 17.0 Å². The molecule has 1 aromatic rings. The Morgan fingerprint density at radius 2 is 2.10 bits per heavy atom. The summed E-state index contributed by atoms with van der Waals surface area (Å²) in [6, 6.07) is 9.03. The molecule has 2 bridgehead atoms. The van der Waals surface area contributed by atoms with Crippen molar-refractivity contribution in [2.75, 3.05) is 19.6 Å². The maximum Gasteiger partial charge on any atom is 0.241 e. The highest BCUT2D eigenvalue weighted by atomic mass is 16.2. The van der Waals surface area contributed by atoms with Gasteiger partial charge < -0.3 is 15.5 Å². The number of benzene rings is 1. The molecule has 3 heterocycles. The SMILES string of the molecule is N#Cc1ccc2c(c1)CC[C@@H]2N1C(=O)[C@@H]2CC1CN2CC(N)C(=O)N1CCCC1C#N. The largest absolute Gasteiger partial charge is 0.330 e. The summed E-state index contributed by atoms with van der Waals surface area (Å²) in [4.78, 5) is 31.7. The number of likely N-dealkylation sites (tertiary alicyclic amines) is 3. The van der Waals surface area contributed by atoms with E-state index in [1.165, 1.54) is 5.56 Å². The summed E-state index contributed by atoms with van der Waals surface area (Å²) in [7, 11) is 0. The summed E-state index contributed by atoms with van der Waals surface area (Å²) in [6.07, 6.45) is 4.08. The van der Waals surface area contributed by atoms with Gasteiger partial charge in [-0.3, -0.25) is 14.5 Å². The number of hydrogen-bond acceptors (Lipinski definition) is 6. The number of nitrogens with zero attached hydrogens (tertiary/aromatic N) is 5. The van der Waals surface area contributed by atoms with Crippen LogP contribution in [0.1, 0.15) is 48.4 Å². The molecule has 8 nitrogen and oxygen atoms in total. The molecule has 3 unspecified atom stereocenters. The minimum absolute atomic E-state index is 0.0729. The third kappa shape index (κ3) is 3.18. The Labute approximate surface area is 181 Å². The summed E-state index contributed by atoms with van der Waals surface area (Å²) in [6.45, 7) is 1.65. The molecule has 3 aliphatic heterocycles. The fraction of sp³-hybridized carbons (Fsp3) is 0.565. The molecule has 5 rings (SSSR count). The summed E-state index contributed by atoms with van der Waals surface area (Å²) in [5.74, 6) is -0.0664. The molecular formula is C23H26N6O2. The predicted molar refractivity (Wildman–Crippen MR) is 111 cm³/mol. The molecule has 2 amide bonds. The second-order valence-corrected chi connectivity index (χ2v) is 9.11. The van der Waals surface area contributed by atoms with Crippen LogP contribution in [0.5, 0.6) is 0 Å². The van der Waals surface area contributed by atoms with E-state index in [9.17, 15) is 14.9 Å². The molecule has 3 saturated heterocycles. The van der Waals surface area contributed by atoms with E-state index in [1.807, 2.05) is 23.1 Å². The minimum Gasteiger partial charge on any atom is -0.330 e. The summed E-state index contributed by atoms with van der Waals surface area (Å²) >= 11 is 0. The molecule has 31 heavy (non-hydrogen) atoms. The van der Waals surface area contributed by atoms with Crippen LogP contribution < -0.4 is 5.73 Å². The molecule has 160 valence electrons. The molecule has 0 saturated carbocycles. The molecule has 0 spiro atoms.